The Hall–Kier alpha value is -0.990. The lowest BCUT2D eigenvalue weighted by Crippen LogP contribution is -2.27. The lowest BCUT2D eigenvalue weighted by Gasteiger charge is -2.14. The Kier molecular flexibility index (Phi) is 6.02. The first-order valence-corrected chi connectivity index (χ1v) is 4.76. The second-order valence-electron chi connectivity index (χ2n) is 2.85. The number of nitrogens with one attached hydrogen (secondary N) is 1. The average molecular weight is 185 g/mol. The summed E-state index contributed by atoms with van der Waals surface area (Å²) in [4.78, 5) is 11.3. The molecule has 0 spiro atoms. The van der Waals surface area contributed by atoms with Gasteiger partial charge in [-0.2, -0.15) is 0 Å². The highest BCUT2D eigenvalue weighted by Gasteiger charge is 2.10. The zero-order valence-electron chi connectivity index (χ0n) is 8.89. The number of amides is 1. The number of allylic oxidation sites excluding steroid dienone is 1. The third-order valence-electron chi connectivity index (χ3n) is 1.73. The van der Waals surface area contributed by atoms with Gasteiger partial charge in [-0.25, -0.2) is 0 Å². The first kappa shape index (κ1) is 12.0. The molecule has 0 aliphatic rings. The summed E-state index contributed by atoms with van der Waals surface area (Å²) in [6.45, 7) is 8.28. The molecule has 76 valence electrons. The Labute approximate surface area is 80.2 Å². The van der Waals surface area contributed by atoms with Crippen LogP contribution in [0.25, 0.3) is 0 Å². The number of likely N-dealkylation sites (N-methyl/N-ethyl adjacent to an activating group) is 1. The molecular formula is C10H19NO2. The van der Waals surface area contributed by atoms with Gasteiger partial charge in [0.1, 0.15) is 0 Å². The predicted molar refractivity (Wildman–Crippen MR) is 53.3 cm³/mol. The van der Waals surface area contributed by atoms with Crippen molar-refractivity contribution in [2.24, 2.45) is 0 Å². The Balaban J connectivity index is 4.12. The molecule has 0 saturated carbocycles. The fourth-order valence-electron chi connectivity index (χ4n) is 0.800. The summed E-state index contributed by atoms with van der Waals surface area (Å²) in [6, 6.07) is 0. The number of carbonyl (C=O) groups excluding carboxylic acids is 1. The van der Waals surface area contributed by atoms with Crippen LogP contribution in [0.3, 0.4) is 0 Å². The SMILES string of the molecule is C/C=C(\OC(C)CC)C(=O)NCC. The first-order chi connectivity index (χ1) is 6.15. The van der Waals surface area contributed by atoms with E-state index in [1.165, 1.54) is 0 Å². The van der Waals surface area contributed by atoms with Gasteiger partial charge in [0.2, 0.25) is 0 Å². The van der Waals surface area contributed by atoms with Gasteiger partial charge < -0.3 is 10.1 Å². The summed E-state index contributed by atoms with van der Waals surface area (Å²) >= 11 is 0. The van der Waals surface area contributed by atoms with Crippen LogP contribution in [0.2, 0.25) is 0 Å². The van der Waals surface area contributed by atoms with Crippen LogP contribution in [-0.4, -0.2) is 18.6 Å². The largest absolute Gasteiger partial charge is 0.485 e. The molecule has 13 heavy (non-hydrogen) atoms. The van der Waals surface area contributed by atoms with Crippen LogP contribution in [-0.2, 0) is 9.53 Å². The van der Waals surface area contributed by atoms with E-state index in [1.54, 1.807) is 13.0 Å². The fraction of sp³-hybridized carbons (Fsp3) is 0.700. The van der Waals surface area contributed by atoms with Crippen LogP contribution < -0.4 is 5.32 Å². The van der Waals surface area contributed by atoms with E-state index in [-0.39, 0.29) is 12.0 Å². The maximum absolute atomic E-state index is 11.3. The number of hydrogen-bond donors (Lipinski definition) is 1. The second kappa shape index (κ2) is 6.52. The third kappa shape index (κ3) is 4.55. The highest BCUT2D eigenvalue weighted by Crippen LogP contribution is 2.05. The molecule has 0 aromatic heterocycles. The summed E-state index contributed by atoms with van der Waals surface area (Å²) in [5, 5.41) is 2.69. The van der Waals surface area contributed by atoms with Crippen LogP contribution in [0.5, 0.6) is 0 Å². The monoisotopic (exact) mass is 185 g/mol. The van der Waals surface area contributed by atoms with Crippen molar-refractivity contribution in [3.8, 4) is 0 Å². The van der Waals surface area contributed by atoms with Crippen molar-refractivity contribution in [2.45, 2.75) is 40.2 Å². The van der Waals surface area contributed by atoms with Crippen LogP contribution in [0, 0.1) is 0 Å². The van der Waals surface area contributed by atoms with Gasteiger partial charge in [0.15, 0.2) is 5.76 Å². The zero-order valence-corrected chi connectivity index (χ0v) is 8.89. The first-order valence-electron chi connectivity index (χ1n) is 4.76. The maximum Gasteiger partial charge on any atom is 0.286 e. The minimum absolute atomic E-state index is 0.0915. The van der Waals surface area contributed by atoms with Gasteiger partial charge >= 0.3 is 0 Å². The van der Waals surface area contributed by atoms with Crippen LogP contribution >= 0.6 is 0 Å². The van der Waals surface area contributed by atoms with Gasteiger partial charge in [-0.1, -0.05) is 6.92 Å². The molecule has 0 aromatic carbocycles. The smallest absolute Gasteiger partial charge is 0.286 e. The van der Waals surface area contributed by atoms with E-state index in [9.17, 15) is 4.79 Å². The Bertz CT molecular complexity index is 187. The van der Waals surface area contributed by atoms with Crippen LogP contribution in [0.4, 0.5) is 0 Å². The molecule has 0 fully saturated rings. The highest BCUT2D eigenvalue weighted by molar-refractivity contribution is 5.91. The Morgan fingerprint density at radius 3 is 2.54 bits per heavy atom. The van der Waals surface area contributed by atoms with Crippen LogP contribution in [0.15, 0.2) is 11.8 Å². The molecule has 1 atom stereocenters. The van der Waals surface area contributed by atoms with E-state index in [0.29, 0.717) is 12.3 Å². The normalized spacial score (nSPS) is 13.7. The molecular weight excluding hydrogens is 166 g/mol. The summed E-state index contributed by atoms with van der Waals surface area (Å²) in [5.74, 6) is 0.279. The highest BCUT2D eigenvalue weighted by atomic mass is 16.5. The minimum Gasteiger partial charge on any atom is -0.485 e. The van der Waals surface area contributed by atoms with Gasteiger partial charge in [-0.15, -0.1) is 0 Å². The molecule has 1 amide bonds. The number of carbonyl (C=O) groups is 1. The summed E-state index contributed by atoms with van der Waals surface area (Å²) in [7, 11) is 0. The summed E-state index contributed by atoms with van der Waals surface area (Å²) in [5.41, 5.74) is 0. The van der Waals surface area contributed by atoms with Gasteiger partial charge in [-0.3, -0.25) is 4.79 Å². The van der Waals surface area contributed by atoms with Crippen molar-refractivity contribution < 1.29 is 9.53 Å². The molecule has 1 N–H and O–H groups in total. The van der Waals surface area contributed by atoms with Crippen molar-refractivity contribution in [3.05, 3.63) is 11.8 Å². The number of rotatable bonds is 5. The van der Waals surface area contributed by atoms with E-state index < -0.39 is 0 Å². The van der Waals surface area contributed by atoms with E-state index in [2.05, 4.69) is 5.32 Å². The van der Waals surface area contributed by atoms with E-state index in [4.69, 9.17) is 4.74 Å². The van der Waals surface area contributed by atoms with Crippen molar-refractivity contribution in [1.82, 2.24) is 5.32 Å². The standard InChI is InChI=1S/C10H19NO2/c1-5-8(4)13-9(6-2)10(12)11-7-3/h6,8H,5,7H2,1-4H3,(H,11,12)/b9-6-. The van der Waals surface area contributed by atoms with Crippen molar-refractivity contribution in [1.29, 1.82) is 0 Å². The molecule has 0 aliphatic heterocycles. The van der Waals surface area contributed by atoms with Crippen molar-refractivity contribution in [2.75, 3.05) is 6.54 Å². The quantitative estimate of drug-likeness (QED) is 0.524. The molecule has 1 unspecified atom stereocenters. The minimum atomic E-state index is -0.134. The molecule has 3 heteroatoms. The molecule has 0 heterocycles. The number of hydrogen-bond acceptors (Lipinski definition) is 2. The third-order valence-corrected chi connectivity index (χ3v) is 1.73. The second-order valence-corrected chi connectivity index (χ2v) is 2.85. The summed E-state index contributed by atoms with van der Waals surface area (Å²) < 4.78 is 5.41. The number of ether oxygens (including phenoxy) is 1. The zero-order chi connectivity index (χ0) is 10.3. The molecule has 0 aromatic rings. The maximum atomic E-state index is 11.3. The molecule has 0 aliphatic carbocycles. The lowest BCUT2D eigenvalue weighted by atomic mass is 10.3. The fourth-order valence-corrected chi connectivity index (χ4v) is 0.800. The van der Waals surface area contributed by atoms with Crippen molar-refractivity contribution in [3.63, 3.8) is 0 Å². The molecule has 3 nitrogen and oxygen atoms in total. The molecule has 0 saturated heterocycles. The molecule has 0 bridgehead atoms. The Morgan fingerprint density at radius 1 is 1.54 bits per heavy atom. The van der Waals surface area contributed by atoms with E-state index >= 15 is 0 Å². The predicted octanol–water partition coefficient (Wildman–Crippen LogP) is 1.84. The van der Waals surface area contributed by atoms with Gasteiger partial charge in [0.05, 0.1) is 6.10 Å². The van der Waals surface area contributed by atoms with Crippen LogP contribution in [0.1, 0.15) is 34.1 Å². The van der Waals surface area contributed by atoms with Gasteiger partial charge in [-0.05, 0) is 33.3 Å². The van der Waals surface area contributed by atoms with Gasteiger partial charge in [0.25, 0.3) is 5.91 Å². The van der Waals surface area contributed by atoms with E-state index in [1.807, 2.05) is 20.8 Å². The lowest BCUT2D eigenvalue weighted by molar-refractivity contribution is -0.121. The van der Waals surface area contributed by atoms with Gasteiger partial charge in [0, 0.05) is 6.54 Å². The van der Waals surface area contributed by atoms with E-state index in [0.717, 1.165) is 6.42 Å². The average Bonchev–Trinajstić information content (AvgIpc) is 2.14. The summed E-state index contributed by atoms with van der Waals surface area (Å²) in [6.07, 6.45) is 2.68. The topological polar surface area (TPSA) is 38.3 Å². The Morgan fingerprint density at radius 2 is 2.15 bits per heavy atom. The molecule has 0 radical (unpaired) electrons. The van der Waals surface area contributed by atoms with Crippen molar-refractivity contribution >= 4 is 5.91 Å². The molecule has 0 rings (SSSR count).